The van der Waals surface area contributed by atoms with E-state index in [-0.39, 0.29) is 31.8 Å². The van der Waals surface area contributed by atoms with E-state index in [1.807, 2.05) is 58.0 Å². The second kappa shape index (κ2) is 7.19. The molecule has 1 aromatic rings. The summed E-state index contributed by atoms with van der Waals surface area (Å²) in [5.41, 5.74) is 1.09. The highest BCUT2D eigenvalue weighted by atomic mass is 16.8. The summed E-state index contributed by atoms with van der Waals surface area (Å²) in [7, 11) is 0. The molecule has 0 radical (unpaired) electrons. The third-order valence-electron chi connectivity index (χ3n) is 4.70. The zero-order valence-corrected chi connectivity index (χ0v) is 15.1. The molecular weight excluding hydrogens is 336 g/mol. The highest BCUT2D eigenvalue weighted by molar-refractivity contribution is 5.13. The van der Waals surface area contributed by atoms with E-state index < -0.39 is 17.9 Å². The number of rotatable bonds is 4. The van der Waals surface area contributed by atoms with Gasteiger partial charge in [-0.3, -0.25) is 0 Å². The Hall–Kier alpha value is -1.02. The van der Waals surface area contributed by atoms with Gasteiger partial charge in [-0.05, 0) is 33.3 Å². The van der Waals surface area contributed by atoms with Gasteiger partial charge in [0.05, 0.1) is 13.2 Å². The van der Waals surface area contributed by atoms with E-state index >= 15 is 0 Å². The molecule has 26 heavy (non-hydrogen) atoms. The van der Waals surface area contributed by atoms with Crippen LogP contribution in [0.15, 0.2) is 30.3 Å². The molecular formula is C20H30O6. The van der Waals surface area contributed by atoms with E-state index in [0.717, 1.165) is 5.56 Å². The van der Waals surface area contributed by atoms with Gasteiger partial charge in [-0.1, -0.05) is 37.8 Å². The van der Waals surface area contributed by atoms with Crippen molar-refractivity contribution in [2.75, 3.05) is 6.61 Å². The van der Waals surface area contributed by atoms with E-state index in [0.29, 0.717) is 13.2 Å². The lowest BCUT2D eigenvalue weighted by Crippen LogP contribution is -2.40. The average molecular weight is 366 g/mol. The van der Waals surface area contributed by atoms with Gasteiger partial charge < -0.3 is 28.4 Å². The second-order valence-corrected chi connectivity index (χ2v) is 7.70. The third kappa shape index (κ3) is 3.96. The van der Waals surface area contributed by atoms with Crippen LogP contribution < -0.4 is 0 Å². The van der Waals surface area contributed by atoms with Gasteiger partial charge in [0.15, 0.2) is 17.9 Å². The first-order chi connectivity index (χ1) is 11.8. The summed E-state index contributed by atoms with van der Waals surface area (Å²) < 4.78 is 36.0. The Morgan fingerprint density at radius 2 is 1.62 bits per heavy atom. The van der Waals surface area contributed by atoms with Crippen LogP contribution in [0.2, 0.25) is 0 Å². The number of fused-ring (bicyclic) bond motifs is 1. The molecule has 6 heteroatoms. The second-order valence-electron chi connectivity index (χ2n) is 7.70. The summed E-state index contributed by atoms with van der Waals surface area (Å²) in [6.45, 7) is 8.55. The van der Waals surface area contributed by atoms with Crippen molar-refractivity contribution in [1.29, 1.82) is 0 Å². The van der Waals surface area contributed by atoms with Crippen LogP contribution in [0.4, 0.5) is 0 Å². The van der Waals surface area contributed by atoms with Crippen LogP contribution in [0.25, 0.3) is 0 Å². The number of ether oxygens (including phenoxy) is 6. The third-order valence-corrected chi connectivity index (χ3v) is 4.70. The minimum absolute atomic E-state index is 0. The summed E-state index contributed by atoms with van der Waals surface area (Å²) in [5.74, 6) is -1.28. The SMILES string of the molecule is C.CC1(C)OCC([C@H]2O[C@H](OCc3ccccc3)C3OC(C)(C)O[C@@H]32)O1. The zero-order chi connectivity index (χ0) is 17.7. The molecule has 5 atom stereocenters. The first-order valence-corrected chi connectivity index (χ1v) is 8.81. The number of hydrogen-bond donors (Lipinski definition) is 0. The minimum Gasteiger partial charge on any atom is -0.348 e. The minimum atomic E-state index is -0.666. The molecule has 2 unspecified atom stereocenters. The van der Waals surface area contributed by atoms with Crippen molar-refractivity contribution >= 4 is 0 Å². The van der Waals surface area contributed by atoms with Crippen molar-refractivity contribution in [3.8, 4) is 0 Å². The van der Waals surface area contributed by atoms with Crippen molar-refractivity contribution in [3.63, 3.8) is 0 Å². The zero-order valence-electron chi connectivity index (χ0n) is 15.1. The van der Waals surface area contributed by atoms with Gasteiger partial charge in [-0.2, -0.15) is 0 Å². The predicted octanol–water partition coefficient (Wildman–Crippen LogP) is 3.24. The molecule has 3 aliphatic rings. The average Bonchev–Trinajstić information content (AvgIpc) is 3.17. The molecule has 0 aliphatic carbocycles. The molecule has 4 rings (SSSR count). The van der Waals surface area contributed by atoms with E-state index in [1.165, 1.54) is 0 Å². The van der Waals surface area contributed by atoms with Crippen LogP contribution in [0.5, 0.6) is 0 Å². The molecule has 0 spiro atoms. The summed E-state index contributed by atoms with van der Waals surface area (Å²) in [5, 5.41) is 0. The van der Waals surface area contributed by atoms with Crippen molar-refractivity contribution in [2.24, 2.45) is 0 Å². The van der Waals surface area contributed by atoms with E-state index in [1.54, 1.807) is 0 Å². The van der Waals surface area contributed by atoms with E-state index in [2.05, 4.69) is 0 Å². The number of hydrogen-bond acceptors (Lipinski definition) is 6. The fourth-order valence-electron chi connectivity index (χ4n) is 3.65. The molecule has 146 valence electrons. The predicted molar refractivity (Wildman–Crippen MR) is 95.4 cm³/mol. The Labute approximate surface area is 155 Å². The highest BCUT2D eigenvalue weighted by Crippen LogP contribution is 2.42. The molecule has 3 aliphatic heterocycles. The van der Waals surface area contributed by atoms with Gasteiger partial charge in [-0.15, -0.1) is 0 Å². The summed E-state index contributed by atoms with van der Waals surface area (Å²) in [6.07, 6.45) is -1.50. The van der Waals surface area contributed by atoms with Gasteiger partial charge in [0, 0.05) is 0 Å². The topological polar surface area (TPSA) is 55.4 Å². The maximum atomic E-state index is 6.14. The van der Waals surface area contributed by atoms with Crippen LogP contribution in [0.1, 0.15) is 40.7 Å². The monoisotopic (exact) mass is 366 g/mol. The first-order valence-electron chi connectivity index (χ1n) is 8.81. The largest absolute Gasteiger partial charge is 0.348 e. The van der Waals surface area contributed by atoms with Crippen molar-refractivity contribution in [1.82, 2.24) is 0 Å². The van der Waals surface area contributed by atoms with Gasteiger partial charge in [0.1, 0.15) is 24.4 Å². The van der Waals surface area contributed by atoms with Crippen molar-refractivity contribution in [2.45, 2.75) is 84.0 Å². The first kappa shape index (κ1) is 19.7. The van der Waals surface area contributed by atoms with E-state index in [4.69, 9.17) is 28.4 Å². The normalized spacial score (nSPS) is 37.3. The Balaban J connectivity index is 0.00000196. The van der Waals surface area contributed by atoms with Crippen LogP contribution in [-0.2, 0) is 35.0 Å². The quantitative estimate of drug-likeness (QED) is 0.815. The molecule has 0 aromatic heterocycles. The van der Waals surface area contributed by atoms with Gasteiger partial charge in [0.2, 0.25) is 0 Å². The van der Waals surface area contributed by atoms with Gasteiger partial charge in [-0.25, -0.2) is 0 Å². The molecule has 0 saturated carbocycles. The molecule has 3 saturated heterocycles. The Morgan fingerprint density at radius 3 is 2.27 bits per heavy atom. The van der Waals surface area contributed by atoms with Crippen LogP contribution in [0.3, 0.4) is 0 Å². The maximum absolute atomic E-state index is 6.14. The molecule has 1 aromatic carbocycles. The van der Waals surface area contributed by atoms with Crippen LogP contribution in [0, 0.1) is 0 Å². The Bertz CT molecular complexity index is 602. The molecule has 0 bridgehead atoms. The van der Waals surface area contributed by atoms with Crippen molar-refractivity contribution < 1.29 is 28.4 Å². The standard InChI is InChI=1S/C19H26O6.CH4/c1-18(2)21-11-13(23-18)14-15-16(25-19(3,4)24-15)17(22-14)20-10-12-8-6-5-7-9-12;/h5-9,13-17H,10-11H2,1-4H3;1H4/t13?,14-,15-,16?,17+;/m1./s1. The highest BCUT2D eigenvalue weighted by Gasteiger charge is 2.59. The summed E-state index contributed by atoms with van der Waals surface area (Å²) in [4.78, 5) is 0. The fourth-order valence-corrected chi connectivity index (χ4v) is 3.65. The molecule has 0 amide bonds. The van der Waals surface area contributed by atoms with Gasteiger partial charge >= 0.3 is 0 Å². The van der Waals surface area contributed by atoms with Crippen LogP contribution in [-0.4, -0.2) is 48.9 Å². The summed E-state index contributed by atoms with van der Waals surface area (Å²) in [6, 6.07) is 10.0. The lowest BCUT2D eigenvalue weighted by atomic mass is 10.1. The number of benzene rings is 1. The Morgan fingerprint density at radius 1 is 0.923 bits per heavy atom. The lowest BCUT2D eigenvalue weighted by molar-refractivity contribution is -0.250. The molecule has 6 nitrogen and oxygen atoms in total. The fraction of sp³-hybridized carbons (Fsp3) is 0.700. The van der Waals surface area contributed by atoms with E-state index in [9.17, 15) is 0 Å². The molecule has 3 fully saturated rings. The molecule has 0 N–H and O–H groups in total. The lowest BCUT2D eigenvalue weighted by Gasteiger charge is -2.27. The smallest absolute Gasteiger partial charge is 0.187 e. The van der Waals surface area contributed by atoms with Crippen molar-refractivity contribution in [3.05, 3.63) is 35.9 Å². The van der Waals surface area contributed by atoms with Gasteiger partial charge in [0.25, 0.3) is 0 Å². The maximum Gasteiger partial charge on any atom is 0.187 e. The Kier molecular flexibility index (Phi) is 5.45. The summed E-state index contributed by atoms with van der Waals surface area (Å²) >= 11 is 0. The molecule has 3 heterocycles. The van der Waals surface area contributed by atoms with Crippen LogP contribution >= 0.6 is 0 Å².